The van der Waals surface area contributed by atoms with Gasteiger partial charge >= 0.3 is 0 Å². The number of nitrogens with zero attached hydrogens (tertiary/aromatic N) is 2. The van der Waals surface area contributed by atoms with E-state index in [1.165, 1.54) is 24.2 Å². The Morgan fingerprint density at radius 3 is 2.81 bits per heavy atom. The topological polar surface area (TPSA) is 27.6 Å². The predicted octanol–water partition coefficient (Wildman–Crippen LogP) is 3.42. The fourth-order valence-corrected chi connectivity index (χ4v) is 3.13. The summed E-state index contributed by atoms with van der Waals surface area (Å²) in [5.74, 6) is 2.90. The van der Waals surface area contributed by atoms with E-state index in [4.69, 9.17) is 0 Å². The molecule has 0 aromatic heterocycles. The SMILES string of the molecule is CN=C(NCCCSC)N1CCC(c2ccccc2)C1.I. The van der Waals surface area contributed by atoms with Gasteiger partial charge < -0.3 is 10.2 Å². The summed E-state index contributed by atoms with van der Waals surface area (Å²) >= 11 is 1.90. The number of rotatable bonds is 5. The summed E-state index contributed by atoms with van der Waals surface area (Å²) in [6.07, 6.45) is 4.56. The van der Waals surface area contributed by atoms with Gasteiger partial charge in [0.15, 0.2) is 5.96 Å². The highest BCUT2D eigenvalue weighted by atomic mass is 127. The zero-order valence-electron chi connectivity index (χ0n) is 12.9. The van der Waals surface area contributed by atoms with Gasteiger partial charge in [0.05, 0.1) is 0 Å². The molecule has 0 bridgehead atoms. The Kier molecular flexibility index (Phi) is 9.15. The molecule has 0 amide bonds. The molecule has 118 valence electrons. The van der Waals surface area contributed by atoms with Crippen LogP contribution in [0.15, 0.2) is 35.3 Å². The minimum absolute atomic E-state index is 0. The zero-order chi connectivity index (χ0) is 14.2. The summed E-state index contributed by atoms with van der Waals surface area (Å²) in [6.45, 7) is 3.19. The number of guanidine groups is 1. The van der Waals surface area contributed by atoms with Gasteiger partial charge in [0, 0.05) is 32.6 Å². The molecule has 0 radical (unpaired) electrons. The third-order valence-electron chi connectivity index (χ3n) is 3.78. The number of benzene rings is 1. The van der Waals surface area contributed by atoms with E-state index in [9.17, 15) is 0 Å². The van der Waals surface area contributed by atoms with Gasteiger partial charge in [-0.1, -0.05) is 30.3 Å². The maximum Gasteiger partial charge on any atom is 0.193 e. The lowest BCUT2D eigenvalue weighted by atomic mass is 9.99. The standard InChI is InChI=1S/C16H25N3S.HI/c1-17-16(18-10-6-12-20-2)19-11-9-15(13-19)14-7-4-3-5-8-14;/h3-5,7-8,15H,6,9-13H2,1-2H3,(H,17,18);1H. The van der Waals surface area contributed by atoms with Crippen molar-refractivity contribution >= 4 is 41.7 Å². The Morgan fingerprint density at radius 1 is 1.38 bits per heavy atom. The highest BCUT2D eigenvalue weighted by molar-refractivity contribution is 14.0. The number of thioether (sulfide) groups is 1. The number of hydrogen-bond donors (Lipinski definition) is 1. The van der Waals surface area contributed by atoms with Crippen LogP contribution in [-0.2, 0) is 0 Å². The summed E-state index contributed by atoms with van der Waals surface area (Å²) in [7, 11) is 1.88. The van der Waals surface area contributed by atoms with Gasteiger partial charge in [-0.25, -0.2) is 0 Å². The molecule has 1 saturated heterocycles. The highest BCUT2D eigenvalue weighted by Crippen LogP contribution is 2.26. The minimum atomic E-state index is 0. The number of hydrogen-bond acceptors (Lipinski definition) is 2. The second-order valence-electron chi connectivity index (χ2n) is 5.16. The van der Waals surface area contributed by atoms with Crippen LogP contribution in [0.3, 0.4) is 0 Å². The first-order valence-electron chi connectivity index (χ1n) is 7.34. The summed E-state index contributed by atoms with van der Waals surface area (Å²) in [6, 6.07) is 10.8. The van der Waals surface area contributed by atoms with Crippen molar-refractivity contribution < 1.29 is 0 Å². The molecule has 1 heterocycles. The van der Waals surface area contributed by atoms with Crippen LogP contribution in [0.5, 0.6) is 0 Å². The molecule has 3 nitrogen and oxygen atoms in total. The van der Waals surface area contributed by atoms with Gasteiger partial charge in [-0.05, 0) is 30.4 Å². The first kappa shape index (κ1) is 18.6. The molecule has 1 aromatic carbocycles. The molecule has 1 unspecified atom stereocenters. The summed E-state index contributed by atoms with van der Waals surface area (Å²) in [5.41, 5.74) is 1.45. The van der Waals surface area contributed by atoms with Gasteiger partial charge in [0.25, 0.3) is 0 Å². The van der Waals surface area contributed by atoms with E-state index >= 15 is 0 Å². The van der Waals surface area contributed by atoms with Crippen LogP contribution in [-0.4, -0.2) is 49.6 Å². The van der Waals surface area contributed by atoms with Crippen LogP contribution in [0.25, 0.3) is 0 Å². The van der Waals surface area contributed by atoms with E-state index in [2.05, 4.69) is 51.8 Å². The molecule has 5 heteroatoms. The fraction of sp³-hybridized carbons (Fsp3) is 0.562. The van der Waals surface area contributed by atoms with Crippen LogP contribution >= 0.6 is 35.7 Å². The summed E-state index contributed by atoms with van der Waals surface area (Å²) in [5, 5.41) is 3.48. The lowest BCUT2D eigenvalue weighted by Crippen LogP contribution is -2.40. The van der Waals surface area contributed by atoms with Crippen molar-refractivity contribution in [1.82, 2.24) is 10.2 Å². The number of halogens is 1. The second-order valence-corrected chi connectivity index (χ2v) is 6.15. The number of nitrogens with one attached hydrogen (secondary N) is 1. The fourth-order valence-electron chi connectivity index (χ4n) is 2.70. The van der Waals surface area contributed by atoms with Crippen LogP contribution < -0.4 is 5.32 Å². The molecular formula is C16H26IN3S. The van der Waals surface area contributed by atoms with Crippen molar-refractivity contribution in [2.24, 2.45) is 4.99 Å². The monoisotopic (exact) mass is 419 g/mol. The van der Waals surface area contributed by atoms with Crippen molar-refractivity contribution in [2.45, 2.75) is 18.8 Å². The van der Waals surface area contributed by atoms with Crippen LogP contribution in [0, 0.1) is 0 Å². The molecule has 0 spiro atoms. The highest BCUT2D eigenvalue weighted by Gasteiger charge is 2.25. The van der Waals surface area contributed by atoms with Crippen molar-refractivity contribution in [1.29, 1.82) is 0 Å². The second kappa shape index (κ2) is 10.3. The third-order valence-corrected chi connectivity index (χ3v) is 4.48. The molecule has 21 heavy (non-hydrogen) atoms. The summed E-state index contributed by atoms with van der Waals surface area (Å²) < 4.78 is 0. The Bertz CT molecular complexity index is 425. The zero-order valence-corrected chi connectivity index (χ0v) is 16.1. The van der Waals surface area contributed by atoms with E-state index in [1.54, 1.807) is 0 Å². The van der Waals surface area contributed by atoms with E-state index in [0.717, 1.165) is 25.6 Å². The lowest BCUT2D eigenvalue weighted by molar-refractivity contribution is 0.486. The van der Waals surface area contributed by atoms with Crippen molar-refractivity contribution in [3.05, 3.63) is 35.9 Å². The molecule has 2 rings (SSSR count). The van der Waals surface area contributed by atoms with E-state index in [0.29, 0.717) is 5.92 Å². The summed E-state index contributed by atoms with van der Waals surface area (Å²) in [4.78, 5) is 6.81. The average Bonchev–Trinajstić information content (AvgIpc) is 2.98. The average molecular weight is 419 g/mol. The molecule has 0 aliphatic carbocycles. The van der Waals surface area contributed by atoms with Gasteiger partial charge in [-0.15, -0.1) is 24.0 Å². The Morgan fingerprint density at radius 2 is 2.14 bits per heavy atom. The van der Waals surface area contributed by atoms with Crippen molar-refractivity contribution in [3.8, 4) is 0 Å². The quantitative estimate of drug-likeness (QED) is 0.343. The van der Waals surface area contributed by atoms with Gasteiger partial charge in [-0.3, -0.25) is 4.99 Å². The van der Waals surface area contributed by atoms with Crippen molar-refractivity contribution in [2.75, 3.05) is 38.7 Å². The largest absolute Gasteiger partial charge is 0.356 e. The van der Waals surface area contributed by atoms with Crippen molar-refractivity contribution in [3.63, 3.8) is 0 Å². The van der Waals surface area contributed by atoms with E-state index < -0.39 is 0 Å². The van der Waals surface area contributed by atoms with E-state index in [1.807, 2.05) is 18.8 Å². The number of likely N-dealkylation sites (tertiary alicyclic amines) is 1. The molecule has 1 N–H and O–H groups in total. The van der Waals surface area contributed by atoms with E-state index in [-0.39, 0.29) is 24.0 Å². The predicted molar refractivity (Wildman–Crippen MR) is 105 cm³/mol. The van der Waals surface area contributed by atoms with Crippen LogP contribution in [0.4, 0.5) is 0 Å². The first-order valence-corrected chi connectivity index (χ1v) is 8.74. The minimum Gasteiger partial charge on any atom is -0.356 e. The Hall–Kier alpha value is -0.430. The molecule has 1 atom stereocenters. The molecule has 1 fully saturated rings. The molecule has 1 aliphatic heterocycles. The Labute approximate surface area is 150 Å². The molecule has 1 aromatic rings. The van der Waals surface area contributed by atoms with Crippen LogP contribution in [0.1, 0.15) is 24.3 Å². The smallest absolute Gasteiger partial charge is 0.193 e. The first-order chi connectivity index (χ1) is 9.85. The number of aliphatic imine (C=N–C) groups is 1. The van der Waals surface area contributed by atoms with Crippen LogP contribution in [0.2, 0.25) is 0 Å². The van der Waals surface area contributed by atoms with Gasteiger partial charge in [-0.2, -0.15) is 11.8 Å². The van der Waals surface area contributed by atoms with Gasteiger partial charge in [0.1, 0.15) is 0 Å². The maximum atomic E-state index is 4.42. The molecular weight excluding hydrogens is 393 g/mol. The normalized spacial score (nSPS) is 18.5. The molecule has 0 saturated carbocycles. The molecule has 1 aliphatic rings. The Balaban J connectivity index is 0.00000220. The third kappa shape index (κ3) is 5.70. The lowest BCUT2D eigenvalue weighted by Gasteiger charge is -2.21. The van der Waals surface area contributed by atoms with Gasteiger partial charge in [0.2, 0.25) is 0 Å². The maximum absolute atomic E-state index is 4.42.